The lowest BCUT2D eigenvalue weighted by Crippen LogP contribution is -2.30. The second-order valence-electron chi connectivity index (χ2n) is 3.63. The van der Waals surface area contributed by atoms with Gasteiger partial charge in [-0.15, -0.1) is 0 Å². The molecule has 0 amide bonds. The lowest BCUT2D eigenvalue weighted by atomic mass is 9.72. The first-order valence-corrected chi connectivity index (χ1v) is 4.76. The van der Waals surface area contributed by atoms with E-state index in [4.69, 9.17) is 14.7 Å². The Labute approximate surface area is 83.3 Å². The molecule has 1 aliphatic carbocycles. The van der Waals surface area contributed by atoms with Crippen LogP contribution in [0.1, 0.15) is 39.0 Å². The monoisotopic (exact) mass is 200 g/mol. The van der Waals surface area contributed by atoms with Crippen molar-refractivity contribution in [3.8, 4) is 0 Å². The summed E-state index contributed by atoms with van der Waals surface area (Å²) in [7, 11) is 0. The van der Waals surface area contributed by atoms with Crippen molar-refractivity contribution in [1.29, 1.82) is 0 Å². The molecular formula is C10H16O4. The SMILES string of the molecule is CCC1(CO)CCC(=O)CC1.O=C=O. The summed E-state index contributed by atoms with van der Waals surface area (Å²) in [5.74, 6) is 0.363. The van der Waals surface area contributed by atoms with E-state index in [0.29, 0.717) is 18.6 Å². The number of aliphatic hydroxyl groups excluding tert-OH is 1. The van der Waals surface area contributed by atoms with Crippen LogP contribution >= 0.6 is 0 Å². The summed E-state index contributed by atoms with van der Waals surface area (Å²) in [5, 5.41) is 9.12. The third-order valence-corrected chi connectivity index (χ3v) is 2.95. The predicted molar refractivity (Wildman–Crippen MR) is 48.3 cm³/mol. The van der Waals surface area contributed by atoms with Crippen molar-refractivity contribution in [1.82, 2.24) is 0 Å². The minimum absolute atomic E-state index is 0.0773. The molecule has 0 spiro atoms. The van der Waals surface area contributed by atoms with E-state index in [1.807, 2.05) is 0 Å². The standard InChI is InChI=1S/C9H16O2.CO2/c1-2-9(7-10)5-3-8(11)4-6-9;2-1-3/h10H,2-7H2,1H3;. The van der Waals surface area contributed by atoms with Gasteiger partial charge < -0.3 is 5.11 Å². The van der Waals surface area contributed by atoms with Crippen LogP contribution in [0.25, 0.3) is 0 Å². The molecule has 80 valence electrons. The zero-order chi connectivity index (χ0) is 11.0. The van der Waals surface area contributed by atoms with Gasteiger partial charge in [0, 0.05) is 19.4 Å². The highest BCUT2D eigenvalue weighted by atomic mass is 16.3. The second-order valence-corrected chi connectivity index (χ2v) is 3.63. The second kappa shape index (κ2) is 6.46. The molecule has 14 heavy (non-hydrogen) atoms. The number of ketones is 1. The lowest BCUT2D eigenvalue weighted by Gasteiger charge is -2.33. The normalized spacial score (nSPS) is 19.1. The van der Waals surface area contributed by atoms with Crippen LogP contribution in [0.15, 0.2) is 0 Å². The van der Waals surface area contributed by atoms with E-state index in [-0.39, 0.29) is 18.2 Å². The fourth-order valence-corrected chi connectivity index (χ4v) is 1.68. The fraction of sp³-hybridized carbons (Fsp3) is 0.800. The van der Waals surface area contributed by atoms with Gasteiger partial charge in [-0.3, -0.25) is 4.79 Å². The third kappa shape index (κ3) is 3.81. The summed E-state index contributed by atoms with van der Waals surface area (Å²) < 4.78 is 0. The Hall–Kier alpha value is -0.990. The maximum Gasteiger partial charge on any atom is 0.373 e. The Kier molecular flexibility index (Phi) is 6.00. The molecular weight excluding hydrogens is 184 g/mol. The molecule has 0 saturated heterocycles. The summed E-state index contributed by atoms with van der Waals surface area (Å²) in [6.45, 7) is 2.34. The van der Waals surface area contributed by atoms with Crippen LogP contribution in [-0.2, 0) is 14.4 Å². The van der Waals surface area contributed by atoms with Gasteiger partial charge in [0.2, 0.25) is 0 Å². The molecule has 1 N–H and O–H groups in total. The molecule has 0 aliphatic heterocycles. The molecule has 1 rings (SSSR count). The van der Waals surface area contributed by atoms with Crippen LogP contribution in [0, 0.1) is 5.41 Å². The van der Waals surface area contributed by atoms with Crippen molar-refractivity contribution in [3.63, 3.8) is 0 Å². The summed E-state index contributed by atoms with van der Waals surface area (Å²) in [5.41, 5.74) is 0.0773. The van der Waals surface area contributed by atoms with Gasteiger partial charge in [-0.05, 0) is 24.7 Å². The molecule has 4 heteroatoms. The summed E-state index contributed by atoms with van der Waals surface area (Å²) in [6.07, 6.45) is 4.37. The van der Waals surface area contributed by atoms with Crippen LogP contribution < -0.4 is 0 Å². The highest BCUT2D eigenvalue weighted by molar-refractivity contribution is 5.79. The number of carbonyl (C=O) groups is 1. The molecule has 1 saturated carbocycles. The van der Waals surface area contributed by atoms with Gasteiger partial charge in [-0.25, -0.2) is 0 Å². The van der Waals surface area contributed by atoms with E-state index in [9.17, 15) is 4.79 Å². The van der Waals surface area contributed by atoms with Gasteiger partial charge in [0.15, 0.2) is 0 Å². The molecule has 0 aromatic carbocycles. The number of Topliss-reactive ketones (excluding diaryl/α,β-unsaturated/α-hetero) is 1. The van der Waals surface area contributed by atoms with Gasteiger partial charge in [0.25, 0.3) is 0 Å². The Morgan fingerprint density at radius 1 is 1.36 bits per heavy atom. The van der Waals surface area contributed by atoms with E-state index in [1.165, 1.54) is 0 Å². The smallest absolute Gasteiger partial charge is 0.373 e. The average molecular weight is 200 g/mol. The summed E-state index contributed by atoms with van der Waals surface area (Å²) >= 11 is 0. The molecule has 4 nitrogen and oxygen atoms in total. The number of rotatable bonds is 2. The van der Waals surface area contributed by atoms with E-state index in [0.717, 1.165) is 19.3 Å². The Morgan fingerprint density at radius 2 is 1.79 bits per heavy atom. The minimum atomic E-state index is 0.0773. The predicted octanol–water partition coefficient (Wildman–Crippen LogP) is 0.935. The topological polar surface area (TPSA) is 71.4 Å². The summed E-state index contributed by atoms with van der Waals surface area (Å²) in [6, 6.07) is 0. The van der Waals surface area contributed by atoms with Gasteiger partial charge in [0.05, 0.1) is 0 Å². The number of carbonyl (C=O) groups excluding carboxylic acids is 3. The Morgan fingerprint density at radius 3 is 2.07 bits per heavy atom. The van der Waals surface area contributed by atoms with Gasteiger partial charge in [-0.1, -0.05) is 6.92 Å². The molecule has 1 aliphatic rings. The number of aliphatic hydroxyl groups is 1. The lowest BCUT2D eigenvalue weighted by molar-refractivity contribution is -0.191. The van der Waals surface area contributed by atoms with Crippen molar-refractivity contribution in [2.24, 2.45) is 5.41 Å². The van der Waals surface area contributed by atoms with Crippen molar-refractivity contribution in [2.45, 2.75) is 39.0 Å². The minimum Gasteiger partial charge on any atom is -0.396 e. The van der Waals surface area contributed by atoms with E-state index in [1.54, 1.807) is 0 Å². The van der Waals surface area contributed by atoms with Crippen molar-refractivity contribution in [3.05, 3.63) is 0 Å². The highest BCUT2D eigenvalue weighted by Gasteiger charge is 2.31. The van der Waals surface area contributed by atoms with Gasteiger partial charge >= 0.3 is 6.15 Å². The Bertz CT molecular complexity index is 200. The maximum atomic E-state index is 10.9. The van der Waals surface area contributed by atoms with Crippen molar-refractivity contribution >= 4 is 11.9 Å². The first-order valence-electron chi connectivity index (χ1n) is 4.76. The van der Waals surface area contributed by atoms with Crippen LogP contribution in [0.5, 0.6) is 0 Å². The molecule has 0 unspecified atom stereocenters. The Balaban J connectivity index is 0.000000500. The van der Waals surface area contributed by atoms with Gasteiger partial charge in [0.1, 0.15) is 5.78 Å². The average Bonchev–Trinajstić information content (AvgIpc) is 2.21. The zero-order valence-corrected chi connectivity index (χ0v) is 8.41. The van der Waals surface area contributed by atoms with Crippen molar-refractivity contribution in [2.75, 3.05) is 6.61 Å². The summed E-state index contributed by atoms with van der Waals surface area (Å²) in [4.78, 5) is 27.2. The molecule has 0 atom stereocenters. The van der Waals surface area contributed by atoms with Crippen LogP contribution in [0.3, 0.4) is 0 Å². The van der Waals surface area contributed by atoms with E-state index < -0.39 is 0 Å². The highest BCUT2D eigenvalue weighted by Crippen LogP contribution is 2.36. The molecule has 0 aromatic rings. The largest absolute Gasteiger partial charge is 0.396 e. The molecule has 0 aromatic heterocycles. The first kappa shape index (κ1) is 13.0. The number of hydrogen-bond donors (Lipinski definition) is 1. The molecule has 0 heterocycles. The fourth-order valence-electron chi connectivity index (χ4n) is 1.68. The zero-order valence-electron chi connectivity index (χ0n) is 8.41. The number of hydrogen-bond acceptors (Lipinski definition) is 4. The first-order chi connectivity index (χ1) is 6.64. The van der Waals surface area contributed by atoms with Gasteiger partial charge in [-0.2, -0.15) is 9.59 Å². The molecule has 0 bridgehead atoms. The quantitative estimate of drug-likeness (QED) is 0.719. The van der Waals surface area contributed by atoms with Crippen LogP contribution in [-0.4, -0.2) is 23.6 Å². The third-order valence-electron chi connectivity index (χ3n) is 2.95. The van der Waals surface area contributed by atoms with Crippen LogP contribution in [0.2, 0.25) is 0 Å². The van der Waals surface area contributed by atoms with Crippen LogP contribution in [0.4, 0.5) is 0 Å². The molecule has 1 fully saturated rings. The maximum absolute atomic E-state index is 10.9. The van der Waals surface area contributed by atoms with E-state index >= 15 is 0 Å². The van der Waals surface area contributed by atoms with Crippen molar-refractivity contribution < 1.29 is 19.5 Å². The molecule has 0 radical (unpaired) electrons. The van der Waals surface area contributed by atoms with E-state index in [2.05, 4.69) is 6.92 Å².